The van der Waals surface area contributed by atoms with Crippen molar-refractivity contribution in [2.75, 3.05) is 0 Å². The fourth-order valence-electron chi connectivity index (χ4n) is 2.86. The van der Waals surface area contributed by atoms with Crippen molar-refractivity contribution in [3.8, 4) is 0 Å². The molecule has 0 radical (unpaired) electrons. The second-order valence-corrected chi connectivity index (χ2v) is 7.02. The maximum absolute atomic E-state index is 12.4. The molecule has 0 bridgehead atoms. The number of carbonyl (C=O) groups excluding carboxylic acids is 2. The number of nitrogens with zero attached hydrogens (tertiary/aromatic N) is 1. The lowest BCUT2D eigenvalue weighted by Crippen LogP contribution is -2.38. The Balaban J connectivity index is 2.35. The van der Waals surface area contributed by atoms with Crippen LogP contribution in [0.1, 0.15) is 39.7 Å². The third-order valence-electron chi connectivity index (χ3n) is 3.81. The number of aliphatic hydroxyl groups is 1. The van der Waals surface area contributed by atoms with Crippen LogP contribution in [0.4, 0.5) is 0 Å². The maximum Gasteiger partial charge on any atom is 0.290 e. The lowest BCUT2D eigenvalue weighted by Gasteiger charge is -2.31. The second-order valence-electron chi connectivity index (χ2n) is 7.02. The Kier molecular flexibility index (Phi) is 4.40. The molecular formula is C18H23NO3. The Hall–Kier alpha value is -2.10. The third kappa shape index (κ3) is 3.38. The number of hydrogen-bond acceptors (Lipinski definition) is 3. The Labute approximate surface area is 131 Å². The number of benzene rings is 1. The first-order valence-corrected chi connectivity index (χ1v) is 7.49. The minimum absolute atomic E-state index is 0.0643. The van der Waals surface area contributed by atoms with E-state index in [0.717, 1.165) is 5.56 Å². The van der Waals surface area contributed by atoms with Crippen LogP contribution in [0.25, 0.3) is 0 Å². The van der Waals surface area contributed by atoms with E-state index in [4.69, 9.17) is 0 Å². The number of aliphatic hydroxyl groups excluding tert-OH is 1. The number of carbonyl (C=O) groups is 2. The van der Waals surface area contributed by atoms with Gasteiger partial charge >= 0.3 is 0 Å². The molecule has 0 fully saturated rings. The molecule has 1 atom stereocenters. The number of amides is 1. The van der Waals surface area contributed by atoms with Gasteiger partial charge in [-0.15, -0.1) is 0 Å². The van der Waals surface area contributed by atoms with Crippen LogP contribution in [0, 0.1) is 5.41 Å². The molecule has 1 heterocycles. The molecule has 1 unspecified atom stereocenters. The summed E-state index contributed by atoms with van der Waals surface area (Å²) in [6.07, 6.45) is 0.630. The molecule has 1 aliphatic rings. The summed E-state index contributed by atoms with van der Waals surface area (Å²) in [6, 6.07) is 9.24. The normalized spacial score (nSPS) is 19.0. The molecule has 22 heavy (non-hydrogen) atoms. The molecule has 1 amide bonds. The zero-order valence-corrected chi connectivity index (χ0v) is 13.6. The molecule has 118 valence electrons. The highest BCUT2D eigenvalue weighted by Crippen LogP contribution is 2.35. The van der Waals surface area contributed by atoms with E-state index in [1.165, 1.54) is 6.92 Å². The summed E-state index contributed by atoms with van der Waals surface area (Å²) < 4.78 is 0. The first kappa shape index (κ1) is 16.3. The standard InChI is InChI=1S/C18H23NO3/c1-12(20)15-14(10-18(2,3)4)19(17(22)16(15)21)11-13-8-6-5-7-9-13/h5-9,14,21H,10-11H2,1-4H3. The SMILES string of the molecule is CC(=O)C1=C(O)C(=O)N(Cc2ccccc2)C1CC(C)(C)C. The summed E-state index contributed by atoms with van der Waals surface area (Å²) in [5.74, 6) is -1.09. The van der Waals surface area contributed by atoms with Crippen molar-refractivity contribution in [1.29, 1.82) is 0 Å². The van der Waals surface area contributed by atoms with Crippen molar-refractivity contribution in [3.63, 3.8) is 0 Å². The van der Waals surface area contributed by atoms with E-state index in [9.17, 15) is 14.7 Å². The van der Waals surface area contributed by atoms with Crippen LogP contribution in [0.5, 0.6) is 0 Å². The predicted octanol–water partition coefficient (Wildman–Crippen LogP) is 3.23. The molecule has 1 aromatic carbocycles. The Morgan fingerprint density at radius 2 is 1.82 bits per heavy atom. The van der Waals surface area contributed by atoms with Crippen LogP contribution in [0.2, 0.25) is 0 Å². The molecule has 0 saturated carbocycles. The minimum atomic E-state index is -0.455. The zero-order chi connectivity index (χ0) is 16.5. The van der Waals surface area contributed by atoms with Gasteiger partial charge in [0.05, 0.1) is 11.6 Å². The summed E-state index contributed by atoms with van der Waals surface area (Å²) in [5.41, 5.74) is 1.16. The van der Waals surface area contributed by atoms with Crippen LogP contribution >= 0.6 is 0 Å². The van der Waals surface area contributed by atoms with Gasteiger partial charge in [-0.25, -0.2) is 0 Å². The van der Waals surface area contributed by atoms with Crippen molar-refractivity contribution in [3.05, 3.63) is 47.2 Å². The van der Waals surface area contributed by atoms with Crippen LogP contribution < -0.4 is 0 Å². The summed E-state index contributed by atoms with van der Waals surface area (Å²) in [7, 11) is 0. The topological polar surface area (TPSA) is 57.6 Å². The van der Waals surface area contributed by atoms with Crippen molar-refractivity contribution >= 4 is 11.7 Å². The van der Waals surface area contributed by atoms with Gasteiger partial charge < -0.3 is 10.0 Å². The first-order chi connectivity index (χ1) is 10.2. The fraction of sp³-hybridized carbons (Fsp3) is 0.444. The van der Waals surface area contributed by atoms with Gasteiger partial charge in [-0.05, 0) is 24.3 Å². The van der Waals surface area contributed by atoms with E-state index < -0.39 is 11.7 Å². The number of hydrogen-bond donors (Lipinski definition) is 1. The van der Waals surface area contributed by atoms with Crippen molar-refractivity contribution in [2.45, 2.75) is 46.7 Å². The van der Waals surface area contributed by atoms with E-state index in [2.05, 4.69) is 20.8 Å². The van der Waals surface area contributed by atoms with E-state index >= 15 is 0 Å². The van der Waals surface area contributed by atoms with Gasteiger partial charge in [0.25, 0.3) is 5.91 Å². The molecule has 0 spiro atoms. The number of Topliss-reactive ketones (excluding diaryl/α,β-unsaturated/α-hetero) is 1. The van der Waals surface area contributed by atoms with Gasteiger partial charge in [0.2, 0.25) is 0 Å². The summed E-state index contributed by atoms with van der Waals surface area (Å²) >= 11 is 0. The van der Waals surface area contributed by atoms with Gasteiger partial charge in [-0.1, -0.05) is 51.1 Å². The summed E-state index contributed by atoms with van der Waals surface area (Å²) in [4.78, 5) is 25.9. The van der Waals surface area contributed by atoms with Gasteiger partial charge in [-0.2, -0.15) is 0 Å². The molecule has 1 aliphatic heterocycles. The lowest BCUT2D eigenvalue weighted by atomic mass is 9.84. The van der Waals surface area contributed by atoms with Gasteiger partial charge in [0.15, 0.2) is 11.5 Å². The average Bonchev–Trinajstić information content (AvgIpc) is 2.63. The van der Waals surface area contributed by atoms with E-state index in [0.29, 0.717) is 13.0 Å². The average molecular weight is 301 g/mol. The largest absolute Gasteiger partial charge is 0.503 e. The van der Waals surface area contributed by atoms with Crippen LogP contribution in [-0.2, 0) is 16.1 Å². The van der Waals surface area contributed by atoms with Crippen LogP contribution in [0.15, 0.2) is 41.7 Å². The smallest absolute Gasteiger partial charge is 0.290 e. The number of rotatable bonds is 4. The van der Waals surface area contributed by atoms with Crippen molar-refractivity contribution in [1.82, 2.24) is 4.90 Å². The number of ketones is 1. The highest BCUT2D eigenvalue weighted by atomic mass is 16.3. The molecule has 0 saturated heterocycles. The Morgan fingerprint density at radius 1 is 1.23 bits per heavy atom. The van der Waals surface area contributed by atoms with Gasteiger partial charge in [0, 0.05) is 6.54 Å². The van der Waals surface area contributed by atoms with Crippen molar-refractivity contribution < 1.29 is 14.7 Å². The Morgan fingerprint density at radius 3 is 2.32 bits per heavy atom. The minimum Gasteiger partial charge on any atom is -0.503 e. The van der Waals surface area contributed by atoms with Gasteiger partial charge in [-0.3, -0.25) is 9.59 Å². The summed E-state index contributed by atoms with van der Waals surface area (Å²) in [6.45, 7) is 7.98. The first-order valence-electron chi connectivity index (χ1n) is 7.49. The van der Waals surface area contributed by atoms with E-state index in [1.54, 1.807) is 4.90 Å². The molecule has 4 nitrogen and oxygen atoms in total. The summed E-state index contributed by atoms with van der Waals surface area (Å²) in [5, 5.41) is 10.1. The molecule has 1 aromatic rings. The second kappa shape index (κ2) is 5.95. The fourth-order valence-corrected chi connectivity index (χ4v) is 2.86. The molecule has 4 heteroatoms. The maximum atomic E-state index is 12.4. The quantitative estimate of drug-likeness (QED) is 0.929. The molecular weight excluding hydrogens is 278 g/mol. The predicted molar refractivity (Wildman–Crippen MR) is 85.2 cm³/mol. The highest BCUT2D eigenvalue weighted by Gasteiger charge is 2.42. The zero-order valence-electron chi connectivity index (χ0n) is 13.6. The third-order valence-corrected chi connectivity index (χ3v) is 3.81. The van der Waals surface area contributed by atoms with Crippen LogP contribution in [0.3, 0.4) is 0 Å². The van der Waals surface area contributed by atoms with E-state index in [-0.39, 0.29) is 22.8 Å². The monoisotopic (exact) mass is 301 g/mol. The Bertz CT molecular complexity index is 611. The lowest BCUT2D eigenvalue weighted by molar-refractivity contribution is -0.130. The van der Waals surface area contributed by atoms with E-state index in [1.807, 2.05) is 30.3 Å². The van der Waals surface area contributed by atoms with Crippen LogP contribution in [-0.4, -0.2) is 27.7 Å². The highest BCUT2D eigenvalue weighted by molar-refractivity contribution is 6.07. The van der Waals surface area contributed by atoms with Gasteiger partial charge in [0.1, 0.15) is 0 Å². The molecule has 0 aliphatic carbocycles. The molecule has 1 N–H and O–H groups in total. The van der Waals surface area contributed by atoms with Crippen molar-refractivity contribution in [2.24, 2.45) is 5.41 Å². The molecule has 0 aromatic heterocycles. The molecule has 2 rings (SSSR count).